The number of aromatic nitrogens is 2. The van der Waals surface area contributed by atoms with E-state index in [-0.39, 0.29) is 12.2 Å². The van der Waals surface area contributed by atoms with Crippen LogP contribution in [0.5, 0.6) is 0 Å². The van der Waals surface area contributed by atoms with E-state index in [1.807, 2.05) is 0 Å². The van der Waals surface area contributed by atoms with Crippen molar-refractivity contribution in [1.29, 1.82) is 0 Å². The second kappa shape index (κ2) is 7.16. The van der Waals surface area contributed by atoms with Crippen molar-refractivity contribution in [2.45, 2.75) is 12.8 Å². The summed E-state index contributed by atoms with van der Waals surface area (Å²) < 4.78 is 0. The van der Waals surface area contributed by atoms with Crippen LogP contribution >= 0.6 is 0 Å². The number of anilines is 1. The molecule has 0 unspecified atom stereocenters. The molecule has 2 aromatic rings. The maximum atomic E-state index is 11.1. The van der Waals surface area contributed by atoms with Gasteiger partial charge in [-0.25, -0.2) is 4.98 Å². The van der Waals surface area contributed by atoms with Gasteiger partial charge in [-0.15, -0.1) is 0 Å². The van der Waals surface area contributed by atoms with E-state index in [1.165, 1.54) is 6.20 Å². The first-order valence-electron chi connectivity index (χ1n) is 6.66. The molecule has 116 valence electrons. The van der Waals surface area contributed by atoms with Crippen molar-refractivity contribution in [2.75, 3.05) is 18.4 Å². The molecule has 1 amide bonds. The van der Waals surface area contributed by atoms with Gasteiger partial charge in [-0.05, 0) is 25.0 Å². The minimum absolute atomic E-state index is 0.140. The normalized spacial score (nSPS) is 10.4. The molecule has 0 saturated carbocycles. The molecule has 9 heteroatoms. The summed E-state index contributed by atoms with van der Waals surface area (Å²) in [7, 11) is 0. The topological polar surface area (TPSA) is 133 Å². The molecular formula is C13H14N5O4-. The van der Waals surface area contributed by atoms with Crippen LogP contribution in [0.1, 0.15) is 12.8 Å². The average Bonchev–Trinajstić information content (AvgIpc) is 2.50. The molecule has 0 radical (unpaired) electrons. The number of hydrogen-bond donors (Lipinski definition) is 2. The standard InChI is InChI=1S/C13H15N5O4/c19-13(20)16-6-2-1-5-15-12-10(18(21)22)8-17-9-4-3-7-14-11(9)12/h3-4,7-8,16H,1-2,5-6H2,(H,15,17)(H,19,20)/p-1. The Bertz CT molecular complexity index is 691. The lowest BCUT2D eigenvalue weighted by Gasteiger charge is -2.10. The second-order valence-corrected chi connectivity index (χ2v) is 4.49. The number of pyridine rings is 2. The van der Waals surface area contributed by atoms with E-state index in [0.29, 0.717) is 36.1 Å². The number of rotatable bonds is 7. The molecule has 2 rings (SSSR count). The molecule has 0 atom stereocenters. The van der Waals surface area contributed by atoms with Crippen LogP contribution in [0.15, 0.2) is 24.5 Å². The molecule has 2 aromatic heterocycles. The first-order valence-corrected chi connectivity index (χ1v) is 6.66. The highest BCUT2D eigenvalue weighted by atomic mass is 16.6. The summed E-state index contributed by atoms with van der Waals surface area (Å²) in [5, 5.41) is 26.4. The number of carbonyl (C=O) groups is 1. The van der Waals surface area contributed by atoms with Crippen molar-refractivity contribution < 1.29 is 14.8 Å². The minimum atomic E-state index is -1.31. The number of unbranched alkanes of at least 4 members (excludes halogenated alkanes) is 1. The van der Waals surface area contributed by atoms with Crippen molar-refractivity contribution in [3.05, 3.63) is 34.6 Å². The second-order valence-electron chi connectivity index (χ2n) is 4.49. The fraction of sp³-hybridized carbons (Fsp3) is 0.308. The lowest BCUT2D eigenvalue weighted by Crippen LogP contribution is -2.37. The molecule has 0 saturated heterocycles. The summed E-state index contributed by atoms with van der Waals surface area (Å²) >= 11 is 0. The quantitative estimate of drug-likeness (QED) is 0.436. The summed E-state index contributed by atoms with van der Waals surface area (Å²) in [5.74, 6) is 0. The molecule has 0 aromatic carbocycles. The number of carboxylic acid groups (broad SMARTS) is 1. The highest BCUT2D eigenvalue weighted by molar-refractivity contribution is 5.92. The van der Waals surface area contributed by atoms with Gasteiger partial charge >= 0.3 is 5.69 Å². The SMILES string of the molecule is O=C([O-])NCCCCNc1c([N+](=O)[O-])cnc2cccnc12. The van der Waals surface area contributed by atoms with E-state index in [4.69, 9.17) is 0 Å². The predicted molar refractivity (Wildman–Crippen MR) is 77.3 cm³/mol. The largest absolute Gasteiger partial charge is 0.530 e. The Kier molecular flexibility index (Phi) is 5.02. The Morgan fingerprint density at radius 2 is 2.05 bits per heavy atom. The van der Waals surface area contributed by atoms with Crippen LogP contribution in [-0.2, 0) is 0 Å². The van der Waals surface area contributed by atoms with Gasteiger partial charge in [0.15, 0.2) is 0 Å². The van der Waals surface area contributed by atoms with Gasteiger partial charge in [-0.2, -0.15) is 0 Å². The zero-order valence-corrected chi connectivity index (χ0v) is 11.6. The van der Waals surface area contributed by atoms with Gasteiger partial charge < -0.3 is 20.5 Å². The molecule has 0 aliphatic heterocycles. The molecular weight excluding hydrogens is 290 g/mol. The Morgan fingerprint density at radius 3 is 2.77 bits per heavy atom. The molecule has 0 spiro atoms. The van der Waals surface area contributed by atoms with Gasteiger partial charge in [-0.1, -0.05) is 0 Å². The van der Waals surface area contributed by atoms with Gasteiger partial charge in [0, 0.05) is 19.3 Å². The number of hydrogen-bond acceptors (Lipinski definition) is 7. The Hall–Kier alpha value is -2.97. The molecule has 22 heavy (non-hydrogen) atoms. The fourth-order valence-electron chi connectivity index (χ4n) is 1.98. The number of fused-ring (bicyclic) bond motifs is 1. The van der Waals surface area contributed by atoms with E-state index >= 15 is 0 Å². The van der Waals surface area contributed by atoms with Crippen molar-refractivity contribution in [3.63, 3.8) is 0 Å². The van der Waals surface area contributed by atoms with Gasteiger partial charge in [-0.3, -0.25) is 15.1 Å². The Labute approximate surface area is 125 Å². The predicted octanol–water partition coefficient (Wildman–Crippen LogP) is 0.663. The monoisotopic (exact) mass is 304 g/mol. The molecule has 0 bridgehead atoms. The molecule has 0 fully saturated rings. The van der Waals surface area contributed by atoms with E-state index in [2.05, 4.69) is 20.6 Å². The third kappa shape index (κ3) is 3.78. The van der Waals surface area contributed by atoms with E-state index in [0.717, 1.165) is 0 Å². The Balaban J connectivity index is 2.06. The zero-order chi connectivity index (χ0) is 15.9. The highest BCUT2D eigenvalue weighted by Gasteiger charge is 2.18. The van der Waals surface area contributed by atoms with Crippen molar-refractivity contribution in [1.82, 2.24) is 15.3 Å². The van der Waals surface area contributed by atoms with Crippen LogP contribution in [0.25, 0.3) is 11.0 Å². The fourth-order valence-corrected chi connectivity index (χ4v) is 1.98. The zero-order valence-electron chi connectivity index (χ0n) is 11.6. The van der Waals surface area contributed by atoms with Crippen molar-refractivity contribution in [3.8, 4) is 0 Å². The number of nitrogens with zero attached hydrogens (tertiary/aromatic N) is 3. The number of nitrogens with one attached hydrogen (secondary N) is 2. The lowest BCUT2D eigenvalue weighted by atomic mass is 10.2. The van der Waals surface area contributed by atoms with E-state index in [9.17, 15) is 20.0 Å². The number of nitro groups is 1. The average molecular weight is 304 g/mol. The van der Waals surface area contributed by atoms with Crippen LogP contribution in [-0.4, -0.2) is 34.1 Å². The molecule has 2 heterocycles. The first kappa shape index (κ1) is 15.4. The van der Waals surface area contributed by atoms with Crippen LogP contribution in [0.3, 0.4) is 0 Å². The smallest absolute Gasteiger partial charge is 0.312 e. The summed E-state index contributed by atoms with van der Waals surface area (Å²) in [6, 6.07) is 3.43. The third-order valence-electron chi connectivity index (χ3n) is 2.98. The lowest BCUT2D eigenvalue weighted by molar-refractivity contribution is -0.384. The van der Waals surface area contributed by atoms with Crippen molar-refractivity contribution >= 4 is 28.5 Å². The summed E-state index contributed by atoms with van der Waals surface area (Å²) in [4.78, 5) is 28.9. The van der Waals surface area contributed by atoms with Crippen LogP contribution in [0.4, 0.5) is 16.2 Å². The molecule has 9 nitrogen and oxygen atoms in total. The molecule has 2 N–H and O–H groups in total. The maximum Gasteiger partial charge on any atom is 0.312 e. The molecule has 0 aliphatic carbocycles. The Morgan fingerprint density at radius 1 is 1.27 bits per heavy atom. The van der Waals surface area contributed by atoms with Gasteiger partial charge in [0.05, 0.1) is 10.4 Å². The maximum absolute atomic E-state index is 11.1. The number of carbonyl (C=O) groups excluding carboxylic acids is 1. The van der Waals surface area contributed by atoms with Gasteiger partial charge in [0.1, 0.15) is 23.5 Å². The van der Waals surface area contributed by atoms with Crippen LogP contribution in [0, 0.1) is 10.1 Å². The summed E-state index contributed by atoms with van der Waals surface area (Å²) in [6.07, 6.45) is 2.65. The number of amides is 1. The van der Waals surface area contributed by atoms with Crippen LogP contribution in [0.2, 0.25) is 0 Å². The first-order chi connectivity index (χ1) is 10.6. The minimum Gasteiger partial charge on any atom is -0.530 e. The van der Waals surface area contributed by atoms with Gasteiger partial charge in [0.2, 0.25) is 0 Å². The van der Waals surface area contributed by atoms with E-state index < -0.39 is 11.0 Å². The summed E-state index contributed by atoms with van der Waals surface area (Å²) in [5.41, 5.74) is 1.18. The van der Waals surface area contributed by atoms with E-state index in [1.54, 1.807) is 18.3 Å². The molecule has 0 aliphatic rings. The van der Waals surface area contributed by atoms with Crippen molar-refractivity contribution in [2.24, 2.45) is 0 Å². The third-order valence-corrected chi connectivity index (χ3v) is 2.98. The summed E-state index contributed by atoms with van der Waals surface area (Å²) in [6.45, 7) is 0.729. The van der Waals surface area contributed by atoms with Crippen LogP contribution < -0.4 is 15.7 Å². The highest BCUT2D eigenvalue weighted by Crippen LogP contribution is 2.29. The van der Waals surface area contributed by atoms with Gasteiger partial charge in [0.25, 0.3) is 0 Å².